The molecule has 0 saturated carbocycles. The Balaban J connectivity index is 2.91. The van der Waals surface area contributed by atoms with Gasteiger partial charge in [-0.15, -0.1) is 0 Å². The minimum atomic E-state index is -3.16. The van der Waals surface area contributed by atoms with E-state index in [0.717, 1.165) is 0 Å². The molecule has 0 aliphatic heterocycles. The van der Waals surface area contributed by atoms with Gasteiger partial charge >= 0.3 is 189 Å². The Bertz CT molecular complexity index is 714. The van der Waals surface area contributed by atoms with E-state index in [4.69, 9.17) is 1.90 Å². The van der Waals surface area contributed by atoms with E-state index < -0.39 is 34.0 Å². The number of hydrogen-bond donors (Lipinski definition) is 0. The molecule has 2 rings (SSSR count). The number of rotatable bonds is 6. The zero-order chi connectivity index (χ0) is 22.1. The summed E-state index contributed by atoms with van der Waals surface area (Å²) in [6.45, 7) is 24.3. The zero-order valence-electron chi connectivity index (χ0n) is 20.3. The average molecular weight is 466 g/mol. The van der Waals surface area contributed by atoms with Crippen LogP contribution in [0.5, 0.6) is 0 Å². The Morgan fingerprint density at radius 3 is 1.17 bits per heavy atom. The molecule has 0 amide bonds. The molecule has 1 nitrogen and oxygen atoms in total. The van der Waals surface area contributed by atoms with Gasteiger partial charge in [0.25, 0.3) is 0 Å². The molecule has 160 valence electrons. The van der Waals surface area contributed by atoms with Crippen LogP contribution in [0.15, 0.2) is 60.7 Å². The minimum absolute atomic E-state index is 0.182. The van der Waals surface area contributed by atoms with E-state index in [2.05, 4.69) is 130 Å². The first-order chi connectivity index (χ1) is 13.3. The summed E-state index contributed by atoms with van der Waals surface area (Å²) in [7, 11) is 0. The second kappa shape index (κ2) is 9.13. The molecule has 0 heterocycles. The summed E-state index contributed by atoms with van der Waals surface area (Å²) in [4.78, 5) is 0. The van der Waals surface area contributed by atoms with E-state index in [1.807, 2.05) is 0 Å². The van der Waals surface area contributed by atoms with Crippen LogP contribution in [0.25, 0.3) is 0 Å². The molecule has 0 aromatic heterocycles. The van der Waals surface area contributed by atoms with Gasteiger partial charge in [0, 0.05) is 0 Å². The van der Waals surface area contributed by atoms with Crippen LogP contribution in [-0.4, -0.2) is 0 Å². The van der Waals surface area contributed by atoms with Crippen molar-refractivity contribution in [2.45, 2.75) is 85.1 Å². The summed E-state index contributed by atoms with van der Waals surface area (Å²) in [5.41, 5.74) is 0. The molecule has 0 radical (unpaired) electrons. The van der Waals surface area contributed by atoms with Crippen molar-refractivity contribution in [3.63, 3.8) is 0 Å². The quantitative estimate of drug-likeness (QED) is 0.394. The van der Waals surface area contributed by atoms with Crippen LogP contribution in [0.2, 0.25) is 15.9 Å². The van der Waals surface area contributed by atoms with Gasteiger partial charge in [-0.2, -0.15) is 0 Å². The van der Waals surface area contributed by atoms with Gasteiger partial charge in [0.1, 0.15) is 0 Å². The van der Waals surface area contributed by atoms with Gasteiger partial charge in [0.05, 0.1) is 0 Å². The van der Waals surface area contributed by atoms with Gasteiger partial charge in [-0.25, -0.2) is 0 Å². The van der Waals surface area contributed by atoms with Gasteiger partial charge in [-0.3, -0.25) is 0 Å². The first-order valence-electron chi connectivity index (χ1n) is 11.1. The SMILES string of the molecule is C[CH](C)[Ti]([O][Ti]([CH](C)C)([C](C)(C)C)[C](C)(C)C)([c]1ccccc1)[c]1ccccc1. The van der Waals surface area contributed by atoms with Crippen molar-refractivity contribution >= 4 is 7.74 Å². The number of hydrogen-bond acceptors (Lipinski definition) is 1. The molecular weight excluding hydrogens is 424 g/mol. The van der Waals surface area contributed by atoms with Crippen LogP contribution in [0.4, 0.5) is 0 Å². The van der Waals surface area contributed by atoms with Crippen LogP contribution in [0.1, 0.15) is 69.2 Å². The molecule has 0 spiro atoms. The average Bonchev–Trinajstić information content (AvgIpc) is 2.61. The standard InChI is InChI=1S/2C6H5.2C4H9.2C3H7.O.2Ti/c2*1-2-4-6-5-3-1;2*1-4(2)3;2*1-3-2;;;/h2*1-5H;2*1-3H3;2*3H,1-2H3;;;. The van der Waals surface area contributed by atoms with Crippen molar-refractivity contribution in [1.29, 1.82) is 0 Å². The van der Waals surface area contributed by atoms with Gasteiger partial charge in [0.15, 0.2) is 0 Å². The normalized spacial score (nSPS) is 13.9. The van der Waals surface area contributed by atoms with Crippen molar-refractivity contribution < 1.29 is 35.9 Å². The van der Waals surface area contributed by atoms with E-state index in [1.165, 1.54) is 7.74 Å². The predicted octanol–water partition coefficient (Wildman–Crippen LogP) is 7.89. The fourth-order valence-corrected chi connectivity index (χ4v) is 34.3. The van der Waals surface area contributed by atoms with Crippen molar-refractivity contribution in [1.82, 2.24) is 0 Å². The van der Waals surface area contributed by atoms with E-state index in [9.17, 15) is 0 Å². The molecule has 0 aliphatic carbocycles. The molecule has 2 aromatic carbocycles. The second-order valence-electron chi connectivity index (χ2n) is 11.1. The third-order valence-electron chi connectivity index (χ3n) is 6.58. The van der Waals surface area contributed by atoms with Gasteiger partial charge in [0.2, 0.25) is 0 Å². The maximum absolute atomic E-state index is 8.02. The topological polar surface area (TPSA) is 9.23 Å². The Hall–Kier alpha value is -0.171. The Labute approximate surface area is 188 Å². The van der Waals surface area contributed by atoms with E-state index in [1.54, 1.807) is 0 Å². The van der Waals surface area contributed by atoms with Crippen molar-refractivity contribution in [2.75, 3.05) is 0 Å². The van der Waals surface area contributed by atoms with Gasteiger partial charge in [-0.05, 0) is 0 Å². The predicted molar refractivity (Wildman–Crippen MR) is 123 cm³/mol. The van der Waals surface area contributed by atoms with Gasteiger partial charge < -0.3 is 0 Å². The summed E-state index contributed by atoms with van der Waals surface area (Å²) < 4.78 is 12.4. The second-order valence-corrected chi connectivity index (χ2v) is 27.4. The van der Waals surface area contributed by atoms with E-state index in [0.29, 0.717) is 8.45 Å². The Morgan fingerprint density at radius 2 is 0.931 bits per heavy atom. The van der Waals surface area contributed by atoms with Crippen LogP contribution in [0, 0.1) is 0 Å². The molecule has 0 saturated heterocycles. The molecule has 0 unspecified atom stereocenters. The maximum atomic E-state index is 8.02. The van der Waals surface area contributed by atoms with Crippen LogP contribution in [-0.2, 0) is 35.9 Å². The van der Waals surface area contributed by atoms with E-state index in [-0.39, 0.29) is 7.44 Å². The van der Waals surface area contributed by atoms with E-state index >= 15 is 0 Å². The molecule has 0 N–H and O–H groups in total. The van der Waals surface area contributed by atoms with Crippen LogP contribution in [0.3, 0.4) is 0 Å². The summed E-state index contributed by atoms with van der Waals surface area (Å²) in [6, 6.07) is 22.4. The molecule has 0 fully saturated rings. The fraction of sp³-hybridized carbons (Fsp3) is 0.538. The van der Waals surface area contributed by atoms with Gasteiger partial charge in [-0.1, -0.05) is 0 Å². The molecule has 2 aromatic rings. The molecule has 0 atom stereocenters. The van der Waals surface area contributed by atoms with Crippen molar-refractivity contribution in [3.05, 3.63) is 60.7 Å². The zero-order valence-corrected chi connectivity index (χ0v) is 23.5. The third kappa shape index (κ3) is 4.56. The number of benzene rings is 2. The third-order valence-corrected chi connectivity index (χ3v) is 27.5. The summed E-state index contributed by atoms with van der Waals surface area (Å²) in [5, 5.41) is 0. The van der Waals surface area contributed by atoms with Crippen molar-refractivity contribution in [3.8, 4) is 0 Å². The first-order valence-corrected chi connectivity index (χ1v) is 17.3. The molecule has 29 heavy (non-hydrogen) atoms. The van der Waals surface area contributed by atoms with Crippen LogP contribution < -0.4 is 7.74 Å². The Morgan fingerprint density at radius 1 is 0.586 bits per heavy atom. The molecular formula is C26H42OTi2. The van der Waals surface area contributed by atoms with Crippen LogP contribution >= 0.6 is 0 Å². The fourth-order valence-electron chi connectivity index (χ4n) is 5.98. The molecule has 0 aliphatic rings. The first kappa shape index (κ1) is 25.1. The molecule has 0 bridgehead atoms. The monoisotopic (exact) mass is 466 g/mol. The van der Waals surface area contributed by atoms with Crippen molar-refractivity contribution in [2.24, 2.45) is 0 Å². The molecule has 3 heteroatoms. The summed E-state index contributed by atoms with van der Waals surface area (Å²) in [5.74, 6) is 0. The summed E-state index contributed by atoms with van der Waals surface area (Å²) >= 11 is -6.11. The Kier molecular flexibility index (Phi) is 7.90. The summed E-state index contributed by atoms with van der Waals surface area (Å²) in [6.07, 6.45) is 0.